The summed E-state index contributed by atoms with van der Waals surface area (Å²) in [4.78, 5) is 1.48. The zero-order valence-corrected chi connectivity index (χ0v) is 6.86. The van der Waals surface area contributed by atoms with E-state index in [4.69, 9.17) is 11.6 Å². The van der Waals surface area contributed by atoms with Crippen molar-refractivity contribution in [1.82, 2.24) is 15.0 Å². The largest absolute Gasteiger partial charge is 0.157 e. The van der Waals surface area contributed by atoms with Crippen LogP contribution in [0, 0.1) is 6.07 Å². The quantitative estimate of drug-likeness (QED) is 0.666. The summed E-state index contributed by atoms with van der Waals surface area (Å²) in [6.45, 7) is 0. The number of aromatic nitrogens is 3. The van der Waals surface area contributed by atoms with Gasteiger partial charge in [0.05, 0.1) is 18.1 Å². The number of nitrogens with zero attached hydrogens (tertiary/aromatic N) is 3. The smallest absolute Gasteiger partial charge is 0.0936 e. The maximum Gasteiger partial charge on any atom is 0.0936 e. The number of rotatable bonds is 1. The van der Waals surface area contributed by atoms with Crippen LogP contribution in [-0.2, 0) is 0 Å². The predicted molar refractivity (Wildman–Crippen MR) is 45.2 cm³/mol. The molecule has 3 nitrogen and oxygen atoms in total. The Morgan fingerprint density at radius 1 is 1.25 bits per heavy atom. The Kier molecular flexibility index (Phi) is 1.80. The molecule has 0 aliphatic heterocycles. The van der Waals surface area contributed by atoms with Crippen molar-refractivity contribution in [3.05, 3.63) is 41.7 Å². The third-order valence-corrected chi connectivity index (χ3v) is 1.63. The lowest BCUT2D eigenvalue weighted by Crippen LogP contribution is -1.97. The Morgan fingerprint density at radius 2 is 2.00 bits per heavy atom. The zero-order valence-electron chi connectivity index (χ0n) is 6.11. The van der Waals surface area contributed by atoms with Gasteiger partial charge in [-0.05, 0) is 18.2 Å². The van der Waals surface area contributed by atoms with E-state index in [1.165, 1.54) is 4.80 Å². The molecule has 1 aromatic carbocycles. The van der Waals surface area contributed by atoms with Gasteiger partial charge < -0.3 is 0 Å². The molecule has 1 radical (unpaired) electrons. The van der Waals surface area contributed by atoms with Crippen LogP contribution >= 0.6 is 11.6 Å². The molecule has 1 heterocycles. The highest BCUT2D eigenvalue weighted by Gasteiger charge is 1.95. The van der Waals surface area contributed by atoms with E-state index < -0.39 is 0 Å². The fraction of sp³-hybridized carbons (Fsp3) is 0. The minimum Gasteiger partial charge on any atom is -0.157 e. The van der Waals surface area contributed by atoms with Crippen LogP contribution in [0.2, 0.25) is 5.02 Å². The van der Waals surface area contributed by atoms with Crippen molar-refractivity contribution in [3.63, 3.8) is 0 Å². The lowest BCUT2D eigenvalue weighted by atomic mass is 10.3. The van der Waals surface area contributed by atoms with Crippen molar-refractivity contribution in [3.8, 4) is 5.69 Å². The van der Waals surface area contributed by atoms with Crippen molar-refractivity contribution in [1.29, 1.82) is 0 Å². The van der Waals surface area contributed by atoms with E-state index in [1.807, 2.05) is 6.07 Å². The SMILES string of the molecule is Clc1c[c]c(-n2nccn2)cc1. The standard InChI is InChI=1S/C8H5ClN3/c9-7-1-3-8(4-2-7)12-10-5-6-11-12/h1-3,5-6H. The molecule has 0 spiro atoms. The molecule has 0 amide bonds. The van der Waals surface area contributed by atoms with Gasteiger partial charge in [0.15, 0.2) is 0 Å². The molecule has 59 valence electrons. The molecule has 0 N–H and O–H groups in total. The second kappa shape index (κ2) is 2.95. The molecule has 0 fully saturated rings. The van der Waals surface area contributed by atoms with Crippen LogP contribution in [0.5, 0.6) is 0 Å². The van der Waals surface area contributed by atoms with E-state index in [9.17, 15) is 0 Å². The molecule has 0 aliphatic carbocycles. The van der Waals surface area contributed by atoms with Crippen LogP contribution in [0.25, 0.3) is 5.69 Å². The van der Waals surface area contributed by atoms with Gasteiger partial charge in [-0.1, -0.05) is 11.6 Å². The maximum absolute atomic E-state index is 5.69. The summed E-state index contributed by atoms with van der Waals surface area (Å²) in [5, 5.41) is 8.55. The average Bonchev–Trinajstić information content (AvgIpc) is 2.58. The summed E-state index contributed by atoms with van der Waals surface area (Å²) in [5.74, 6) is 0. The Morgan fingerprint density at radius 3 is 2.58 bits per heavy atom. The highest BCUT2D eigenvalue weighted by Crippen LogP contribution is 2.10. The lowest BCUT2D eigenvalue weighted by Gasteiger charge is -1.96. The number of hydrogen-bond donors (Lipinski definition) is 0. The molecule has 0 unspecified atom stereocenters. The molecule has 0 atom stereocenters. The monoisotopic (exact) mass is 178 g/mol. The lowest BCUT2D eigenvalue weighted by molar-refractivity contribution is 0.751. The molecule has 0 aliphatic rings. The summed E-state index contributed by atoms with van der Waals surface area (Å²) in [6, 6.07) is 8.21. The van der Waals surface area contributed by atoms with Crippen molar-refractivity contribution in [2.75, 3.05) is 0 Å². The van der Waals surface area contributed by atoms with Gasteiger partial charge in [-0.2, -0.15) is 15.0 Å². The summed E-state index contributed by atoms with van der Waals surface area (Å²) in [6.07, 6.45) is 3.23. The highest BCUT2D eigenvalue weighted by atomic mass is 35.5. The summed E-state index contributed by atoms with van der Waals surface area (Å²) >= 11 is 5.69. The Balaban J connectivity index is 2.43. The van der Waals surface area contributed by atoms with Crippen LogP contribution < -0.4 is 0 Å². The first-order valence-corrected chi connectivity index (χ1v) is 3.78. The molecule has 0 bridgehead atoms. The minimum absolute atomic E-state index is 0.658. The normalized spacial score (nSPS) is 10.1. The summed E-state index contributed by atoms with van der Waals surface area (Å²) < 4.78 is 0. The number of hydrogen-bond acceptors (Lipinski definition) is 2. The zero-order chi connectivity index (χ0) is 8.39. The van der Waals surface area contributed by atoms with Gasteiger partial charge in [0.2, 0.25) is 0 Å². The molecule has 12 heavy (non-hydrogen) atoms. The predicted octanol–water partition coefficient (Wildman–Crippen LogP) is 1.72. The first-order valence-electron chi connectivity index (χ1n) is 3.40. The molecule has 2 rings (SSSR count). The van der Waals surface area contributed by atoms with Crippen LogP contribution in [0.15, 0.2) is 30.6 Å². The third-order valence-electron chi connectivity index (χ3n) is 1.39. The van der Waals surface area contributed by atoms with E-state index in [0.717, 1.165) is 5.69 Å². The van der Waals surface area contributed by atoms with Crippen molar-refractivity contribution in [2.24, 2.45) is 0 Å². The Bertz CT molecular complexity index is 352. The van der Waals surface area contributed by atoms with Gasteiger partial charge in [-0.3, -0.25) is 0 Å². The van der Waals surface area contributed by atoms with E-state index in [0.29, 0.717) is 5.02 Å². The van der Waals surface area contributed by atoms with Crippen LogP contribution in [0.1, 0.15) is 0 Å². The van der Waals surface area contributed by atoms with E-state index in [-0.39, 0.29) is 0 Å². The molecule has 2 aromatic rings. The fourth-order valence-electron chi connectivity index (χ4n) is 0.862. The fourth-order valence-corrected chi connectivity index (χ4v) is 0.980. The van der Waals surface area contributed by atoms with Gasteiger partial charge in [0, 0.05) is 11.1 Å². The molecular formula is C8H5ClN3. The van der Waals surface area contributed by atoms with Gasteiger partial charge in [-0.25, -0.2) is 0 Å². The second-order valence-electron chi connectivity index (χ2n) is 2.21. The second-order valence-corrected chi connectivity index (χ2v) is 2.65. The Hall–Kier alpha value is -1.35. The van der Waals surface area contributed by atoms with E-state index in [2.05, 4.69) is 16.3 Å². The highest BCUT2D eigenvalue weighted by molar-refractivity contribution is 6.30. The maximum atomic E-state index is 5.69. The van der Waals surface area contributed by atoms with Crippen molar-refractivity contribution < 1.29 is 0 Å². The van der Waals surface area contributed by atoms with Crippen LogP contribution in [0.3, 0.4) is 0 Å². The summed E-state index contributed by atoms with van der Waals surface area (Å²) in [5.41, 5.74) is 0.782. The average molecular weight is 179 g/mol. The first-order chi connectivity index (χ1) is 5.86. The molecule has 4 heteroatoms. The molecule has 0 saturated carbocycles. The molecular weight excluding hydrogens is 174 g/mol. The van der Waals surface area contributed by atoms with Crippen LogP contribution in [0.4, 0.5) is 0 Å². The van der Waals surface area contributed by atoms with Gasteiger partial charge in [-0.15, -0.1) is 0 Å². The summed E-state index contributed by atoms with van der Waals surface area (Å²) in [7, 11) is 0. The van der Waals surface area contributed by atoms with Gasteiger partial charge in [0.1, 0.15) is 0 Å². The first kappa shape index (κ1) is 7.31. The van der Waals surface area contributed by atoms with Gasteiger partial charge >= 0.3 is 0 Å². The number of benzene rings is 1. The van der Waals surface area contributed by atoms with E-state index >= 15 is 0 Å². The Labute approximate surface area is 74.6 Å². The van der Waals surface area contributed by atoms with Crippen molar-refractivity contribution in [2.45, 2.75) is 0 Å². The molecule has 0 saturated heterocycles. The minimum atomic E-state index is 0.658. The van der Waals surface area contributed by atoms with Crippen molar-refractivity contribution >= 4 is 11.6 Å². The third kappa shape index (κ3) is 1.31. The van der Waals surface area contributed by atoms with Crippen LogP contribution in [-0.4, -0.2) is 15.0 Å². The molecule has 1 aromatic heterocycles. The number of halogens is 1. The van der Waals surface area contributed by atoms with E-state index in [1.54, 1.807) is 24.5 Å². The topological polar surface area (TPSA) is 30.7 Å². The van der Waals surface area contributed by atoms with Gasteiger partial charge in [0.25, 0.3) is 0 Å².